The number of aryl methyl sites for hydroxylation is 1. The molecule has 0 aliphatic carbocycles. The summed E-state index contributed by atoms with van der Waals surface area (Å²) in [6, 6.07) is 17.2. The molecule has 1 amide bonds. The molecule has 1 aromatic heterocycles. The fourth-order valence-corrected chi connectivity index (χ4v) is 3.81. The molecule has 0 N–H and O–H groups in total. The summed E-state index contributed by atoms with van der Waals surface area (Å²) in [5.41, 5.74) is 3.24. The Morgan fingerprint density at radius 2 is 1.76 bits per heavy atom. The summed E-state index contributed by atoms with van der Waals surface area (Å²) in [6.45, 7) is 4.56. The highest BCUT2D eigenvalue weighted by Gasteiger charge is 2.26. The second kappa shape index (κ2) is 8.17. The number of carbonyl (C=O) groups excluding carboxylic acids is 1. The summed E-state index contributed by atoms with van der Waals surface area (Å²) in [6.07, 6.45) is 0. The van der Waals surface area contributed by atoms with E-state index in [4.69, 9.17) is 16.3 Å². The first kappa shape index (κ1) is 19.3. The van der Waals surface area contributed by atoms with Gasteiger partial charge in [0.05, 0.1) is 24.2 Å². The van der Waals surface area contributed by atoms with Crippen LogP contribution in [-0.2, 0) is 0 Å². The molecule has 1 saturated heterocycles. The minimum atomic E-state index is -0.00726. The number of ether oxygens (including phenoxy) is 1. The lowest BCUT2D eigenvalue weighted by Crippen LogP contribution is -2.49. The third-order valence-corrected chi connectivity index (χ3v) is 5.33. The Balaban J connectivity index is 1.52. The molecule has 1 aliphatic heterocycles. The summed E-state index contributed by atoms with van der Waals surface area (Å²) in [5, 5.41) is 5.19. The van der Waals surface area contributed by atoms with Crippen LogP contribution in [0.3, 0.4) is 0 Å². The molecule has 1 fully saturated rings. The van der Waals surface area contributed by atoms with Gasteiger partial charge >= 0.3 is 0 Å². The van der Waals surface area contributed by atoms with Gasteiger partial charge in [0.15, 0.2) is 0 Å². The predicted molar refractivity (Wildman–Crippen MR) is 114 cm³/mol. The fraction of sp³-hybridized carbons (Fsp3) is 0.273. The first-order valence-corrected chi connectivity index (χ1v) is 9.94. The van der Waals surface area contributed by atoms with Crippen LogP contribution in [0.2, 0.25) is 5.02 Å². The Bertz CT molecular complexity index is 1010. The number of halogens is 1. The Morgan fingerprint density at radius 1 is 1.03 bits per heavy atom. The molecule has 0 spiro atoms. The number of anilines is 1. The van der Waals surface area contributed by atoms with E-state index in [-0.39, 0.29) is 5.91 Å². The number of benzene rings is 2. The van der Waals surface area contributed by atoms with Crippen LogP contribution >= 0.6 is 11.6 Å². The van der Waals surface area contributed by atoms with Crippen LogP contribution in [0.1, 0.15) is 16.2 Å². The summed E-state index contributed by atoms with van der Waals surface area (Å²) >= 11 is 6.17. The molecule has 0 unspecified atom stereocenters. The Kier molecular flexibility index (Phi) is 5.45. The molecule has 29 heavy (non-hydrogen) atoms. The highest BCUT2D eigenvalue weighted by molar-refractivity contribution is 6.30. The molecular formula is C22H23ClN4O2. The third kappa shape index (κ3) is 3.93. The highest BCUT2D eigenvalue weighted by atomic mass is 35.5. The summed E-state index contributed by atoms with van der Waals surface area (Å²) in [5.74, 6) is 0.777. The number of para-hydroxylation sites is 1. The highest BCUT2D eigenvalue weighted by Crippen LogP contribution is 2.32. The second-order valence-corrected chi connectivity index (χ2v) is 7.45. The van der Waals surface area contributed by atoms with E-state index < -0.39 is 0 Å². The second-order valence-electron chi connectivity index (χ2n) is 7.01. The van der Waals surface area contributed by atoms with Gasteiger partial charge in [-0.3, -0.25) is 4.79 Å². The van der Waals surface area contributed by atoms with Crippen molar-refractivity contribution in [3.63, 3.8) is 0 Å². The number of aromatic nitrogens is 2. The number of amides is 1. The normalized spacial score (nSPS) is 14.2. The fourth-order valence-electron chi connectivity index (χ4n) is 3.64. The van der Waals surface area contributed by atoms with Gasteiger partial charge in [-0.2, -0.15) is 5.10 Å². The molecule has 3 aromatic rings. The van der Waals surface area contributed by atoms with Crippen molar-refractivity contribution in [3.05, 3.63) is 71.0 Å². The number of carbonyl (C=O) groups is 1. The van der Waals surface area contributed by atoms with E-state index in [2.05, 4.69) is 10.00 Å². The molecule has 0 saturated carbocycles. The number of nitrogens with zero attached hydrogens (tertiary/aromatic N) is 4. The quantitative estimate of drug-likeness (QED) is 0.656. The van der Waals surface area contributed by atoms with Crippen molar-refractivity contribution in [2.75, 3.05) is 38.2 Å². The van der Waals surface area contributed by atoms with Crippen LogP contribution < -0.4 is 9.64 Å². The van der Waals surface area contributed by atoms with Gasteiger partial charge in [0, 0.05) is 31.2 Å². The maximum absolute atomic E-state index is 13.2. The molecule has 0 radical (unpaired) electrons. The molecule has 150 valence electrons. The molecule has 4 rings (SSSR count). The van der Waals surface area contributed by atoms with Gasteiger partial charge in [-0.05, 0) is 43.3 Å². The average molecular weight is 411 g/mol. The zero-order valence-electron chi connectivity index (χ0n) is 16.5. The number of methoxy groups -OCH3 is 1. The lowest BCUT2D eigenvalue weighted by atomic mass is 10.2. The van der Waals surface area contributed by atoms with Crippen molar-refractivity contribution < 1.29 is 9.53 Å². The monoisotopic (exact) mass is 410 g/mol. The Morgan fingerprint density at radius 3 is 2.45 bits per heavy atom. The number of piperazine rings is 1. The smallest absolute Gasteiger partial charge is 0.272 e. The number of rotatable bonds is 4. The summed E-state index contributed by atoms with van der Waals surface area (Å²) in [7, 11) is 1.65. The van der Waals surface area contributed by atoms with Gasteiger partial charge in [0.1, 0.15) is 11.4 Å². The molecule has 2 aromatic carbocycles. The maximum atomic E-state index is 13.2. The minimum absolute atomic E-state index is 0.00726. The van der Waals surface area contributed by atoms with E-state index in [1.54, 1.807) is 11.8 Å². The molecule has 2 heterocycles. The van der Waals surface area contributed by atoms with Crippen molar-refractivity contribution in [2.24, 2.45) is 0 Å². The predicted octanol–water partition coefficient (Wildman–Crippen LogP) is 3.81. The van der Waals surface area contributed by atoms with Crippen molar-refractivity contribution in [1.82, 2.24) is 14.7 Å². The van der Waals surface area contributed by atoms with Gasteiger partial charge in [-0.1, -0.05) is 29.8 Å². The van der Waals surface area contributed by atoms with E-state index in [1.807, 2.05) is 66.4 Å². The molecule has 6 nitrogen and oxygen atoms in total. The molecule has 7 heteroatoms. The van der Waals surface area contributed by atoms with Gasteiger partial charge in [-0.15, -0.1) is 0 Å². The van der Waals surface area contributed by atoms with Gasteiger partial charge in [0.2, 0.25) is 0 Å². The van der Waals surface area contributed by atoms with Crippen LogP contribution in [0, 0.1) is 6.92 Å². The number of hydrogen-bond donors (Lipinski definition) is 0. The first-order valence-electron chi connectivity index (χ1n) is 9.56. The standard InChI is InChI=1S/C22H23ClN4O2/c1-16-14-20(27(24-16)18-6-4-3-5-7-18)22(28)26-12-10-25(11-13-26)19-15-17(23)8-9-21(19)29-2/h3-9,14-15H,10-13H2,1-2H3. The van der Waals surface area contributed by atoms with Crippen molar-refractivity contribution in [3.8, 4) is 11.4 Å². The molecule has 1 aliphatic rings. The van der Waals surface area contributed by atoms with Crippen LogP contribution in [0.4, 0.5) is 5.69 Å². The van der Waals surface area contributed by atoms with Gasteiger partial charge in [0.25, 0.3) is 5.91 Å². The maximum Gasteiger partial charge on any atom is 0.272 e. The lowest BCUT2D eigenvalue weighted by molar-refractivity contribution is 0.0737. The largest absolute Gasteiger partial charge is 0.495 e. The van der Waals surface area contributed by atoms with Crippen LogP contribution in [-0.4, -0.2) is 53.9 Å². The summed E-state index contributed by atoms with van der Waals surface area (Å²) in [4.78, 5) is 17.3. The third-order valence-electron chi connectivity index (χ3n) is 5.10. The zero-order chi connectivity index (χ0) is 20.4. The van der Waals surface area contributed by atoms with Crippen molar-refractivity contribution >= 4 is 23.2 Å². The van der Waals surface area contributed by atoms with E-state index in [0.29, 0.717) is 36.9 Å². The Labute approximate surface area is 175 Å². The molecule has 0 bridgehead atoms. The SMILES string of the molecule is COc1ccc(Cl)cc1N1CCN(C(=O)c2cc(C)nn2-c2ccccc2)CC1. The van der Waals surface area contributed by atoms with Gasteiger partial charge < -0.3 is 14.5 Å². The van der Waals surface area contributed by atoms with Crippen molar-refractivity contribution in [2.45, 2.75) is 6.92 Å². The number of hydrogen-bond acceptors (Lipinski definition) is 4. The van der Waals surface area contributed by atoms with E-state index in [9.17, 15) is 4.79 Å². The van der Waals surface area contributed by atoms with Crippen LogP contribution in [0.15, 0.2) is 54.6 Å². The van der Waals surface area contributed by atoms with Crippen LogP contribution in [0.5, 0.6) is 5.75 Å². The van der Waals surface area contributed by atoms with E-state index in [1.165, 1.54) is 0 Å². The average Bonchev–Trinajstić information content (AvgIpc) is 3.15. The summed E-state index contributed by atoms with van der Waals surface area (Å²) < 4.78 is 7.20. The molecule has 0 atom stereocenters. The zero-order valence-corrected chi connectivity index (χ0v) is 17.3. The van der Waals surface area contributed by atoms with E-state index >= 15 is 0 Å². The van der Waals surface area contributed by atoms with Gasteiger partial charge in [-0.25, -0.2) is 4.68 Å². The first-order chi connectivity index (χ1) is 14.1. The Hall–Kier alpha value is -2.99. The lowest BCUT2D eigenvalue weighted by Gasteiger charge is -2.36. The molecular weight excluding hydrogens is 388 g/mol. The minimum Gasteiger partial charge on any atom is -0.495 e. The van der Waals surface area contributed by atoms with Crippen molar-refractivity contribution in [1.29, 1.82) is 0 Å². The van der Waals surface area contributed by atoms with Crippen LogP contribution in [0.25, 0.3) is 5.69 Å². The topological polar surface area (TPSA) is 50.6 Å². The van der Waals surface area contributed by atoms with E-state index in [0.717, 1.165) is 22.8 Å².